The van der Waals surface area contributed by atoms with Gasteiger partial charge in [0, 0.05) is 39.6 Å². The molecule has 3 N–H and O–H groups in total. The Morgan fingerprint density at radius 3 is 2.48 bits per heavy atom. The molecular weight excluding hydrogens is 503 g/mol. The molecule has 1 amide bonds. The minimum Gasteiger partial charge on any atom is -0.356 e. The van der Waals surface area contributed by atoms with Gasteiger partial charge in [0.1, 0.15) is 5.82 Å². The summed E-state index contributed by atoms with van der Waals surface area (Å²) in [6.07, 6.45) is 1.34. The highest BCUT2D eigenvalue weighted by Gasteiger charge is 2.06. The summed E-state index contributed by atoms with van der Waals surface area (Å²) in [6.45, 7) is 4.79. The van der Waals surface area contributed by atoms with Crippen LogP contribution in [0, 0.1) is 6.92 Å². The summed E-state index contributed by atoms with van der Waals surface area (Å²) in [4.78, 5) is 20.8. The fraction of sp³-hybridized carbons (Fsp3) is 0.348. The number of amides is 1. The van der Waals surface area contributed by atoms with E-state index in [1.807, 2.05) is 55.5 Å². The van der Waals surface area contributed by atoms with E-state index in [1.165, 1.54) is 5.52 Å². The molecule has 7 nitrogen and oxygen atoms in total. The fourth-order valence-electron chi connectivity index (χ4n) is 3.32. The number of fused-ring (bicyclic) bond motifs is 1. The Bertz CT molecular complexity index is 986. The van der Waals surface area contributed by atoms with Crippen LogP contribution in [0.15, 0.2) is 59.6 Å². The second-order valence-electron chi connectivity index (χ2n) is 7.09. The molecule has 31 heavy (non-hydrogen) atoms. The average Bonchev–Trinajstić information content (AvgIpc) is 3.09. The maximum Gasteiger partial charge on any atom is 0.222 e. The molecular formula is C23H31IN6O. The lowest BCUT2D eigenvalue weighted by Gasteiger charge is -2.13. The number of aliphatic imine (C=N–C) groups is 1. The van der Waals surface area contributed by atoms with Gasteiger partial charge in [-0.3, -0.25) is 9.79 Å². The Hall–Kier alpha value is -2.62. The number of nitrogens with zero attached hydrogens (tertiary/aromatic N) is 3. The number of carbonyl (C=O) groups is 1. The van der Waals surface area contributed by atoms with Crippen LogP contribution in [0.25, 0.3) is 11.0 Å². The number of nitrogens with one attached hydrogen (secondary N) is 3. The predicted octanol–water partition coefficient (Wildman–Crippen LogP) is 3.22. The Kier molecular flexibility index (Phi) is 10.3. The average molecular weight is 534 g/mol. The molecule has 0 bridgehead atoms. The molecule has 2 aromatic carbocycles. The molecule has 0 atom stereocenters. The largest absolute Gasteiger partial charge is 0.356 e. The number of carbonyl (C=O) groups excluding carboxylic acids is 1. The number of hydrogen-bond donors (Lipinski definition) is 3. The minimum atomic E-state index is 0. The highest BCUT2D eigenvalue weighted by molar-refractivity contribution is 14.0. The van der Waals surface area contributed by atoms with Crippen molar-refractivity contribution >= 4 is 46.9 Å². The normalized spacial score (nSPS) is 11.1. The van der Waals surface area contributed by atoms with Gasteiger partial charge in [-0.2, -0.15) is 0 Å². The monoisotopic (exact) mass is 534 g/mol. The zero-order valence-corrected chi connectivity index (χ0v) is 20.4. The summed E-state index contributed by atoms with van der Waals surface area (Å²) < 4.78 is 2.24. The van der Waals surface area contributed by atoms with Crippen molar-refractivity contribution in [2.75, 3.05) is 20.1 Å². The van der Waals surface area contributed by atoms with Crippen molar-refractivity contribution in [3.05, 3.63) is 66.0 Å². The predicted molar refractivity (Wildman–Crippen MR) is 137 cm³/mol. The van der Waals surface area contributed by atoms with E-state index in [9.17, 15) is 4.79 Å². The summed E-state index contributed by atoms with van der Waals surface area (Å²) in [7, 11) is 1.73. The van der Waals surface area contributed by atoms with Crippen LogP contribution in [-0.4, -0.2) is 41.6 Å². The topological polar surface area (TPSA) is 83.3 Å². The molecule has 0 saturated heterocycles. The highest BCUT2D eigenvalue weighted by Crippen LogP contribution is 2.15. The Morgan fingerprint density at radius 1 is 1.00 bits per heavy atom. The lowest BCUT2D eigenvalue weighted by molar-refractivity contribution is -0.121. The molecule has 0 aliphatic heterocycles. The summed E-state index contributed by atoms with van der Waals surface area (Å²) in [5.74, 6) is 1.75. The van der Waals surface area contributed by atoms with Crippen LogP contribution in [0.5, 0.6) is 0 Å². The van der Waals surface area contributed by atoms with Crippen LogP contribution in [0.4, 0.5) is 0 Å². The molecule has 1 heterocycles. The fourth-order valence-corrected chi connectivity index (χ4v) is 3.32. The van der Waals surface area contributed by atoms with Crippen LogP contribution >= 0.6 is 24.0 Å². The van der Waals surface area contributed by atoms with Gasteiger partial charge in [0.15, 0.2) is 5.96 Å². The number of para-hydroxylation sites is 2. The molecule has 3 aromatic rings. The molecule has 0 saturated carbocycles. The SMILES string of the molecule is CN=C(NCCCn1c(C)nc2ccccc21)NCCC(=O)NCc1ccccc1.I. The molecule has 0 spiro atoms. The number of hydrogen-bond acceptors (Lipinski definition) is 3. The first-order valence-electron chi connectivity index (χ1n) is 10.3. The van der Waals surface area contributed by atoms with Crippen molar-refractivity contribution in [2.45, 2.75) is 32.9 Å². The second kappa shape index (κ2) is 12.9. The molecule has 1 aromatic heterocycles. The van der Waals surface area contributed by atoms with E-state index < -0.39 is 0 Å². The van der Waals surface area contributed by atoms with E-state index in [2.05, 4.69) is 36.6 Å². The number of aryl methyl sites for hydroxylation is 2. The number of guanidine groups is 1. The Labute approximate surface area is 200 Å². The third-order valence-electron chi connectivity index (χ3n) is 4.90. The van der Waals surface area contributed by atoms with Gasteiger partial charge in [-0.1, -0.05) is 42.5 Å². The van der Waals surface area contributed by atoms with Crippen LogP contribution in [-0.2, 0) is 17.9 Å². The van der Waals surface area contributed by atoms with Crippen LogP contribution in [0.2, 0.25) is 0 Å². The second-order valence-corrected chi connectivity index (χ2v) is 7.09. The van der Waals surface area contributed by atoms with Gasteiger partial charge in [0.25, 0.3) is 0 Å². The van der Waals surface area contributed by atoms with Crippen molar-refractivity contribution in [2.24, 2.45) is 4.99 Å². The number of aromatic nitrogens is 2. The van der Waals surface area contributed by atoms with Gasteiger partial charge >= 0.3 is 0 Å². The zero-order valence-electron chi connectivity index (χ0n) is 18.1. The number of halogens is 1. The molecule has 0 unspecified atom stereocenters. The highest BCUT2D eigenvalue weighted by atomic mass is 127. The van der Waals surface area contributed by atoms with Crippen molar-refractivity contribution < 1.29 is 4.79 Å². The smallest absolute Gasteiger partial charge is 0.222 e. The zero-order chi connectivity index (χ0) is 21.2. The summed E-state index contributed by atoms with van der Waals surface area (Å²) in [5, 5.41) is 9.43. The third-order valence-corrected chi connectivity index (χ3v) is 4.90. The summed E-state index contributed by atoms with van der Waals surface area (Å²) >= 11 is 0. The molecule has 0 radical (unpaired) electrons. The molecule has 8 heteroatoms. The first kappa shape index (κ1) is 24.6. The van der Waals surface area contributed by atoms with Crippen molar-refractivity contribution in [3.8, 4) is 0 Å². The lowest BCUT2D eigenvalue weighted by Crippen LogP contribution is -2.39. The van der Waals surface area contributed by atoms with Crippen LogP contribution in [0.1, 0.15) is 24.2 Å². The number of rotatable bonds is 9. The van der Waals surface area contributed by atoms with Gasteiger partial charge in [-0.05, 0) is 31.0 Å². The quantitative estimate of drug-likeness (QED) is 0.171. The maximum absolute atomic E-state index is 12.0. The van der Waals surface area contributed by atoms with Crippen molar-refractivity contribution in [3.63, 3.8) is 0 Å². The molecule has 0 fully saturated rings. The summed E-state index contributed by atoms with van der Waals surface area (Å²) in [5.41, 5.74) is 3.29. The number of imidazole rings is 1. The molecule has 0 aliphatic rings. The van der Waals surface area contributed by atoms with E-state index in [1.54, 1.807) is 7.05 Å². The molecule has 3 rings (SSSR count). The lowest BCUT2D eigenvalue weighted by atomic mass is 10.2. The first-order chi connectivity index (χ1) is 14.7. The van der Waals surface area contributed by atoms with Gasteiger partial charge in [-0.25, -0.2) is 4.98 Å². The van der Waals surface area contributed by atoms with E-state index in [0.717, 1.165) is 36.4 Å². The molecule has 0 aliphatic carbocycles. The standard InChI is InChI=1S/C23H30N6O.HI/c1-18-28-20-11-6-7-12-21(20)29(18)16-8-14-25-23(24-2)26-15-13-22(30)27-17-19-9-4-3-5-10-19;/h3-7,9-12H,8,13-17H2,1-2H3,(H,27,30)(H2,24,25,26);1H. The van der Waals surface area contributed by atoms with Crippen molar-refractivity contribution in [1.29, 1.82) is 0 Å². The number of benzene rings is 2. The van der Waals surface area contributed by atoms with E-state index >= 15 is 0 Å². The van der Waals surface area contributed by atoms with Gasteiger partial charge in [0.05, 0.1) is 11.0 Å². The van der Waals surface area contributed by atoms with Gasteiger partial charge in [-0.15, -0.1) is 24.0 Å². The van der Waals surface area contributed by atoms with Gasteiger partial charge in [0.2, 0.25) is 5.91 Å². The van der Waals surface area contributed by atoms with Gasteiger partial charge < -0.3 is 20.5 Å². The van der Waals surface area contributed by atoms with Crippen LogP contribution in [0.3, 0.4) is 0 Å². The minimum absolute atomic E-state index is 0. The van der Waals surface area contributed by atoms with E-state index in [0.29, 0.717) is 25.5 Å². The summed E-state index contributed by atoms with van der Waals surface area (Å²) in [6, 6.07) is 18.1. The van der Waals surface area contributed by atoms with Crippen LogP contribution < -0.4 is 16.0 Å². The van der Waals surface area contributed by atoms with E-state index in [-0.39, 0.29) is 29.9 Å². The molecule has 166 valence electrons. The Morgan fingerprint density at radius 2 is 1.71 bits per heavy atom. The van der Waals surface area contributed by atoms with E-state index in [4.69, 9.17) is 0 Å². The first-order valence-corrected chi connectivity index (χ1v) is 10.3. The Balaban J connectivity index is 0.00000341. The maximum atomic E-state index is 12.0. The third kappa shape index (κ3) is 7.54. The van der Waals surface area contributed by atoms with Crippen molar-refractivity contribution in [1.82, 2.24) is 25.5 Å².